The summed E-state index contributed by atoms with van der Waals surface area (Å²) in [6.07, 6.45) is 2.74. The van der Waals surface area contributed by atoms with Gasteiger partial charge in [-0.2, -0.15) is 0 Å². The predicted octanol–water partition coefficient (Wildman–Crippen LogP) is 2.08. The van der Waals surface area contributed by atoms with Crippen LogP contribution >= 0.6 is 0 Å². The third kappa shape index (κ3) is 2.89. The third-order valence-corrected chi connectivity index (χ3v) is 3.24. The van der Waals surface area contributed by atoms with Crippen LogP contribution < -0.4 is 11.1 Å². The third-order valence-electron chi connectivity index (χ3n) is 3.24. The number of likely N-dealkylation sites (N-methyl/N-ethyl adjacent to an activating group) is 1. The van der Waals surface area contributed by atoms with Crippen molar-refractivity contribution in [2.45, 2.75) is 25.8 Å². The van der Waals surface area contributed by atoms with Gasteiger partial charge in [-0.1, -0.05) is 6.07 Å². The molecule has 0 spiro atoms. The van der Waals surface area contributed by atoms with Gasteiger partial charge in [0.25, 0.3) is 0 Å². The molecule has 0 saturated heterocycles. The molecule has 3 N–H and O–H groups in total. The highest BCUT2D eigenvalue weighted by molar-refractivity contribution is 5.58. The van der Waals surface area contributed by atoms with Crippen molar-refractivity contribution < 1.29 is 0 Å². The second-order valence-corrected chi connectivity index (χ2v) is 4.71. The summed E-state index contributed by atoms with van der Waals surface area (Å²) < 4.78 is 0. The molecule has 0 unspecified atom stereocenters. The number of nitrogens with two attached hydrogens (primary N) is 1. The van der Waals surface area contributed by atoms with Gasteiger partial charge < -0.3 is 16.0 Å². The molecule has 0 bridgehead atoms. The Balaban J connectivity index is 1.78. The number of nitrogens with one attached hydrogen (secondary N) is 1. The number of anilines is 2. The summed E-state index contributed by atoms with van der Waals surface area (Å²) in [5, 5.41) is 3.40. The molecule has 0 atom stereocenters. The smallest absolute Gasteiger partial charge is 0.0364 e. The van der Waals surface area contributed by atoms with Gasteiger partial charge in [0, 0.05) is 30.5 Å². The lowest BCUT2D eigenvalue weighted by Crippen LogP contribution is -2.27. The quantitative estimate of drug-likeness (QED) is 0.745. The first kappa shape index (κ1) is 11.3. The molecule has 1 saturated carbocycles. The first-order valence-electron chi connectivity index (χ1n) is 5.97. The van der Waals surface area contributed by atoms with Crippen molar-refractivity contribution in [3.63, 3.8) is 0 Å². The number of hydrogen-bond donors (Lipinski definition) is 2. The van der Waals surface area contributed by atoms with E-state index < -0.39 is 0 Å². The van der Waals surface area contributed by atoms with Gasteiger partial charge in [-0.15, -0.1) is 0 Å². The number of hydrogen-bond acceptors (Lipinski definition) is 3. The molecule has 88 valence electrons. The van der Waals surface area contributed by atoms with Gasteiger partial charge in [0.05, 0.1) is 0 Å². The van der Waals surface area contributed by atoms with Crippen molar-refractivity contribution in [1.29, 1.82) is 0 Å². The molecule has 0 aromatic heterocycles. The van der Waals surface area contributed by atoms with Crippen LogP contribution in [-0.2, 0) is 0 Å². The van der Waals surface area contributed by atoms with Crippen LogP contribution in [0.4, 0.5) is 11.4 Å². The van der Waals surface area contributed by atoms with E-state index >= 15 is 0 Å². The standard InChI is InChI=1S/C13H21N3/c1-10-3-4-11(9-13(10)14)15-7-8-16(2)12-5-6-12/h3-4,9,12,15H,5-8,14H2,1-2H3. The summed E-state index contributed by atoms with van der Waals surface area (Å²) in [6.45, 7) is 4.11. The maximum atomic E-state index is 5.86. The Hall–Kier alpha value is -1.22. The highest BCUT2D eigenvalue weighted by Crippen LogP contribution is 2.24. The zero-order chi connectivity index (χ0) is 11.5. The highest BCUT2D eigenvalue weighted by atomic mass is 15.2. The number of rotatable bonds is 5. The van der Waals surface area contributed by atoms with E-state index in [-0.39, 0.29) is 0 Å². The Morgan fingerprint density at radius 1 is 1.44 bits per heavy atom. The van der Waals surface area contributed by atoms with Crippen molar-refractivity contribution in [2.75, 3.05) is 31.2 Å². The monoisotopic (exact) mass is 219 g/mol. The van der Waals surface area contributed by atoms with E-state index in [1.165, 1.54) is 12.8 Å². The maximum absolute atomic E-state index is 5.86. The Morgan fingerprint density at radius 3 is 2.81 bits per heavy atom. The van der Waals surface area contributed by atoms with Gasteiger partial charge in [-0.25, -0.2) is 0 Å². The normalized spacial score (nSPS) is 15.4. The average Bonchev–Trinajstić information content (AvgIpc) is 3.07. The van der Waals surface area contributed by atoms with E-state index in [9.17, 15) is 0 Å². The van der Waals surface area contributed by atoms with E-state index in [1.54, 1.807) is 0 Å². The molecule has 0 aliphatic heterocycles. The first-order chi connectivity index (χ1) is 7.66. The summed E-state index contributed by atoms with van der Waals surface area (Å²) >= 11 is 0. The molecule has 1 aromatic carbocycles. The zero-order valence-electron chi connectivity index (χ0n) is 10.2. The highest BCUT2D eigenvalue weighted by Gasteiger charge is 2.25. The topological polar surface area (TPSA) is 41.3 Å². The second kappa shape index (κ2) is 4.74. The number of benzene rings is 1. The lowest BCUT2D eigenvalue weighted by Gasteiger charge is -2.16. The lowest BCUT2D eigenvalue weighted by atomic mass is 10.2. The molecule has 0 amide bonds. The minimum absolute atomic E-state index is 0.838. The number of nitrogens with zero attached hydrogens (tertiary/aromatic N) is 1. The van der Waals surface area contributed by atoms with Crippen molar-refractivity contribution in [3.8, 4) is 0 Å². The van der Waals surface area contributed by atoms with Crippen LogP contribution in [0.5, 0.6) is 0 Å². The molecule has 0 radical (unpaired) electrons. The fraction of sp³-hybridized carbons (Fsp3) is 0.538. The Bertz CT molecular complexity index is 358. The Labute approximate surface area is 97.6 Å². The molecule has 1 aliphatic carbocycles. The van der Waals surface area contributed by atoms with Gasteiger partial charge in [-0.3, -0.25) is 0 Å². The van der Waals surface area contributed by atoms with Gasteiger partial charge in [0.2, 0.25) is 0 Å². The number of nitrogen functional groups attached to an aromatic ring is 1. The average molecular weight is 219 g/mol. The molecular formula is C13H21N3. The van der Waals surface area contributed by atoms with E-state index in [4.69, 9.17) is 5.73 Å². The molecule has 16 heavy (non-hydrogen) atoms. The molecule has 1 aliphatic rings. The number of aryl methyl sites for hydroxylation is 1. The molecule has 0 heterocycles. The van der Waals surface area contributed by atoms with Gasteiger partial charge >= 0.3 is 0 Å². The predicted molar refractivity (Wildman–Crippen MR) is 69.7 cm³/mol. The van der Waals surface area contributed by atoms with Crippen LogP contribution in [0.15, 0.2) is 18.2 Å². The SMILES string of the molecule is Cc1ccc(NCCN(C)C2CC2)cc1N. The molecule has 3 nitrogen and oxygen atoms in total. The van der Waals surface area contributed by atoms with Crippen molar-refractivity contribution in [1.82, 2.24) is 4.90 Å². The van der Waals surface area contributed by atoms with E-state index in [0.29, 0.717) is 0 Å². The van der Waals surface area contributed by atoms with E-state index in [0.717, 1.165) is 36.1 Å². The van der Waals surface area contributed by atoms with E-state index in [1.807, 2.05) is 13.0 Å². The molecule has 2 rings (SSSR count). The van der Waals surface area contributed by atoms with Crippen LogP contribution in [-0.4, -0.2) is 31.1 Å². The minimum Gasteiger partial charge on any atom is -0.398 e. The fourth-order valence-electron chi connectivity index (χ4n) is 1.82. The van der Waals surface area contributed by atoms with Crippen LogP contribution in [0.1, 0.15) is 18.4 Å². The summed E-state index contributed by atoms with van der Waals surface area (Å²) in [4.78, 5) is 2.42. The Morgan fingerprint density at radius 2 is 2.19 bits per heavy atom. The second-order valence-electron chi connectivity index (χ2n) is 4.71. The maximum Gasteiger partial charge on any atom is 0.0364 e. The molecule has 1 aromatic rings. The van der Waals surface area contributed by atoms with Gasteiger partial charge in [0.1, 0.15) is 0 Å². The Kier molecular flexibility index (Phi) is 3.34. The summed E-state index contributed by atoms with van der Waals surface area (Å²) in [7, 11) is 2.20. The van der Waals surface area contributed by atoms with Gasteiger partial charge in [-0.05, 0) is 44.5 Å². The van der Waals surface area contributed by atoms with Gasteiger partial charge in [0.15, 0.2) is 0 Å². The van der Waals surface area contributed by atoms with Crippen molar-refractivity contribution in [3.05, 3.63) is 23.8 Å². The summed E-state index contributed by atoms with van der Waals surface area (Å²) in [5.74, 6) is 0. The van der Waals surface area contributed by atoms with Crippen LogP contribution in [0.2, 0.25) is 0 Å². The largest absolute Gasteiger partial charge is 0.398 e. The van der Waals surface area contributed by atoms with Crippen LogP contribution in [0.25, 0.3) is 0 Å². The molecular weight excluding hydrogens is 198 g/mol. The summed E-state index contributed by atoms with van der Waals surface area (Å²) in [5.41, 5.74) is 8.98. The van der Waals surface area contributed by atoms with Crippen LogP contribution in [0.3, 0.4) is 0 Å². The molecule has 1 fully saturated rings. The lowest BCUT2D eigenvalue weighted by molar-refractivity contribution is 0.337. The summed E-state index contributed by atoms with van der Waals surface area (Å²) in [6, 6.07) is 6.99. The van der Waals surface area contributed by atoms with Crippen molar-refractivity contribution in [2.24, 2.45) is 0 Å². The fourth-order valence-corrected chi connectivity index (χ4v) is 1.82. The minimum atomic E-state index is 0.838. The first-order valence-corrected chi connectivity index (χ1v) is 5.97. The zero-order valence-corrected chi connectivity index (χ0v) is 10.2. The molecule has 3 heteroatoms. The van der Waals surface area contributed by atoms with Crippen LogP contribution in [0, 0.1) is 6.92 Å². The van der Waals surface area contributed by atoms with Crippen molar-refractivity contribution >= 4 is 11.4 Å². The van der Waals surface area contributed by atoms with E-state index in [2.05, 4.69) is 29.4 Å².